The van der Waals surface area contributed by atoms with Crippen molar-refractivity contribution in [3.8, 4) is 11.5 Å². The molecule has 0 aliphatic carbocycles. The molecule has 0 bridgehead atoms. The third-order valence-corrected chi connectivity index (χ3v) is 2.82. The van der Waals surface area contributed by atoms with Crippen molar-refractivity contribution in [3.05, 3.63) is 54.3 Å². The molecule has 0 radical (unpaired) electrons. The Morgan fingerprint density at radius 1 is 1.05 bits per heavy atom. The molecule has 1 N–H and O–H groups in total. The molecule has 0 aromatic heterocycles. The first-order valence-electron chi connectivity index (χ1n) is 6.55. The van der Waals surface area contributed by atoms with Gasteiger partial charge in [0.2, 0.25) is 0 Å². The molecule has 0 aliphatic rings. The molecule has 2 rings (SSSR count). The van der Waals surface area contributed by atoms with E-state index in [2.05, 4.69) is 5.32 Å². The zero-order valence-electron chi connectivity index (χ0n) is 11.4. The number of halogens is 1. The van der Waals surface area contributed by atoms with Crippen molar-refractivity contribution >= 4 is 5.69 Å². The lowest BCUT2D eigenvalue weighted by Crippen LogP contribution is -2.08. The van der Waals surface area contributed by atoms with Crippen LogP contribution in [0.3, 0.4) is 0 Å². The van der Waals surface area contributed by atoms with Crippen LogP contribution < -0.4 is 14.8 Å². The zero-order chi connectivity index (χ0) is 14.2. The molecule has 0 spiro atoms. The molecule has 2 aromatic rings. The molecule has 0 aliphatic heterocycles. The second-order valence-electron chi connectivity index (χ2n) is 4.29. The van der Waals surface area contributed by atoms with Crippen molar-refractivity contribution in [1.29, 1.82) is 0 Å². The van der Waals surface area contributed by atoms with Gasteiger partial charge in [0.05, 0.1) is 19.4 Å². The van der Waals surface area contributed by atoms with Crippen LogP contribution in [0.15, 0.2) is 48.5 Å². The largest absolute Gasteiger partial charge is 0.497 e. The Labute approximate surface area is 118 Å². The molecule has 0 amide bonds. The monoisotopic (exact) mass is 275 g/mol. The average molecular weight is 275 g/mol. The number of anilines is 1. The fourth-order valence-corrected chi connectivity index (χ4v) is 1.77. The molecule has 0 heterocycles. The molecule has 3 nitrogen and oxygen atoms in total. The second-order valence-corrected chi connectivity index (χ2v) is 4.29. The van der Waals surface area contributed by atoms with E-state index in [1.807, 2.05) is 30.3 Å². The van der Waals surface area contributed by atoms with Crippen LogP contribution in [-0.2, 0) is 0 Å². The van der Waals surface area contributed by atoms with Gasteiger partial charge in [-0.25, -0.2) is 4.39 Å². The lowest BCUT2D eigenvalue weighted by molar-refractivity contribution is 0.315. The van der Waals surface area contributed by atoms with E-state index in [1.165, 1.54) is 6.07 Å². The highest BCUT2D eigenvalue weighted by Crippen LogP contribution is 2.20. The Morgan fingerprint density at radius 3 is 2.60 bits per heavy atom. The average Bonchev–Trinajstić information content (AvgIpc) is 2.50. The Bertz CT molecular complexity index is 531. The highest BCUT2D eigenvalue weighted by Gasteiger charge is 2.03. The van der Waals surface area contributed by atoms with Crippen LogP contribution >= 0.6 is 0 Å². The number of methoxy groups -OCH3 is 1. The van der Waals surface area contributed by atoms with Gasteiger partial charge in [0.15, 0.2) is 0 Å². The molecule has 0 saturated carbocycles. The lowest BCUT2D eigenvalue weighted by atomic mass is 10.2. The van der Waals surface area contributed by atoms with Crippen LogP contribution in [-0.4, -0.2) is 20.3 Å². The highest BCUT2D eigenvalue weighted by molar-refractivity contribution is 5.49. The minimum absolute atomic E-state index is 0.283. The number of benzene rings is 2. The van der Waals surface area contributed by atoms with Crippen LogP contribution in [0.4, 0.5) is 10.1 Å². The number of nitrogens with one attached hydrogen (secondary N) is 1. The van der Waals surface area contributed by atoms with Gasteiger partial charge in [0, 0.05) is 12.6 Å². The smallest absolute Gasteiger partial charge is 0.146 e. The minimum Gasteiger partial charge on any atom is -0.497 e. The Kier molecular flexibility index (Phi) is 5.24. The summed E-state index contributed by atoms with van der Waals surface area (Å²) in [7, 11) is 1.56. The van der Waals surface area contributed by atoms with E-state index in [1.54, 1.807) is 19.2 Å². The van der Waals surface area contributed by atoms with Gasteiger partial charge in [0.25, 0.3) is 0 Å². The molecule has 4 heteroatoms. The number of ether oxygens (including phenoxy) is 2. The summed E-state index contributed by atoms with van der Waals surface area (Å²) in [6, 6.07) is 14.3. The van der Waals surface area contributed by atoms with Gasteiger partial charge < -0.3 is 14.8 Å². The minimum atomic E-state index is -0.283. The zero-order valence-corrected chi connectivity index (χ0v) is 11.4. The predicted octanol–water partition coefficient (Wildman–Crippen LogP) is 3.72. The van der Waals surface area contributed by atoms with E-state index < -0.39 is 0 Å². The molecule has 106 valence electrons. The van der Waals surface area contributed by atoms with Crippen LogP contribution in [0, 0.1) is 5.82 Å². The van der Waals surface area contributed by atoms with Crippen molar-refractivity contribution in [2.45, 2.75) is 6.42 Å². The molecule has 0 saturated heterocycles. The topological polar surface area (TPSA) is 30.5 Å². The summed E-state index contributed by atoms with van der Waals surface area (Å²) in [5.41, 5.74) is 0.448. The third-order valence-electron chi connectivity index (χ3n) is 2.82. The molecular weight excluding hydrogens is 257 g/mol. The van der Waals surface area contributed by atoms with Crippen molar-refractivity contribution in [3.63, 3.8) is 0 Å². The van der Waals surface area contributed by atoms with Gasteiger partial charge in [-0.3, -0.25) is 0 Å². The van der Waals surface area contributed by atoms with Crippen molar-refractivity contribution in [1.82, 2.24) is 0 Å². The highest BCUT2D eigenvalue weighted by atomic mass is 19.1. The first-order chi connectivity index (χ1) is 9.79. The van der Waals surface area contributed by atoms with E-state index in [9.17, 15) is 4.39 Å². The van der Waals surface area contributed by atoms with Crippen LogP contribution in [0.2, 0.25) is 0 Å². The summed E-state index contributed by atoms with van der Waals surface area (Å²) in [5, 5.41) is 3.04. The fraction of sp³-hybridized carbons (Fsp3) is 0.250. The van der Waals surface area contributed by atoms with E-state index in [0.29, 0.717) is 24.6 Å². The quantitative estimate of drug-likeness (QED) is 0.781. The Balaban J connectivity index is 1.73. The maximum atomic E-state index is 13.5. The molecule has 2 aromatic carbocycles. The Hall–Kier alpha value is -2.23. The fourth-order valence-electron chi connectivity index (χ4n) is 1.77. The summed E-state index contributed by atoms with van der Waals surface area (Å²) >= 11 is 0. The first-order valence-corrected chi connectivity index (χ1v) is 6.55. The van der Waals surface area contributed by atoms with E-state index in [4.69, 9.17) is 9.47 Å². The maximum absolute atomic E-state index is 13.5. The second kappa shape index (κ2) is 7.38. The van der Waals surface area contributed by atoms with Gasteiger partial charge in [-0.1, -0.05) is 18.2 Å². The maximum Gasteiger partial charge on any atom is 0.146 e. The van der Waals surface area contributed by atoms with E-state index >= 15 is 0 Å². The third kappa shape index (κ3) is 4.16. The summed E-state index contributed by atoms with van der Waals surface area (Å²) < 4.78 is 24.2. The number of rotatable bonds is 7. The number of hydrogen-bond donors (Lipinski definition) is 1. The van der Waals surface area contributed by atoms with Crippen LogP contribution in [0.25, 0.3) is 0 Å². The standard InChI is InChI=1S/C16H18FNO2/c1-19-14-8-9-15(17)16(12-14)18-10-5-11-20-13-6-3-2-4-7-13/h2-4,6-9,12,18H,5,10-11H2,1H3. The molecule has 0 unspecified atom stereocenters. The summed E-state index contributed by atoms with van der Waals surface area (Å²) in [6.45, 7) is 1.22. The van der Waals surface area contributed by atoms with Gasteiger partial charge >= 0.3 is 0 Å². The summed E-state index contributed by atoms with van der Waals surface area (Å²) in [4.78, 5) is 0. The number of para-hydroxylation sites is 1. The van der Waals surface area contributed by atoms with Gasteiger partial charge in [-0.05, 0) is 30.7 Å². The molecular formula is C16H18FNO2. The SMILES string of the molecule is COc1ccc(F)c(NCCCOc2ccccc2)c1. The first kappa shape index (κ1) is 14.2. The number of hydrogen-bond acceptors (Lipinski definition) is 3. The van der Waals surface area contributed by atoms with Crippen LogP contribution in [0.5, 0.6) is 11.5 Å². The van der Waals surface area contributed by atoms with Crippen molar-refractivity contribution in [2.75, 3.05) is 25.6 Å². The van der Waals surface area contributed by atoms with Gasteiger partial charge in [0.1, 0.15) is 17.3 Å². The van der Waals surface area contributed by atoms with Crippen molar-refractivity contribution < 1.29 is 13.9 Å². The van der Waals surface area contributed by atoms with Gasteiger partial charge in [-0.15, -0.1) is 0 Å². The van der Waals surface area contributed by atoms with Crippen LogP contribution in [0.1, 0.15) is 6.42 Å². The molecule has 0 fully saturated rings. The van der Waals surface area contributed by atoms with E-state index in [0.717, 1.165) is 12.2 Å². The lowest BCUT2D eigenvalue weighted by Gasteiger charge is -2.10. The normalized spacial score (nSPS) is 10.1. The Morgan fingerprint density at radius 2 is 1.85 bits per heavy atom. The predicted molar refractivity (Wildman–Crippen MR) is 78.0 cm³/mol. The molecule has 0 atom stereocenters. The van der Waals surface area contributed by atoms with E-state index in [-0.39, 0.29) is 5.82 Å². The van der Waals surface area contributed by atoms with Gasteiger partial charge in [-0.2, -0.15) is 0 Å². The summed E-state index contributed by atoms with van der Waals surface area (Å²) in [5.74, 6) is 1.20. The summed E-state index contributed by atoms with van der Waals surface area (Å²) in [6.07, 6.45) is 0.783. The molecule has 20 heavy (non-hydrogen) atoms. The van der Waals surface area contributed by atoms with Crippen molar-refractivity contribution in [2.24, 2.45) is 0 Å².